The zero-order chi connectivity index (χ0) is 34.0. The molecule has 0 radical (unpaired) electrons. The molecule has 1 aromatic carbocycles. The summed E-state index contributed by atoms with van der Waals surface area (Å²) in [5, 5.41) is 15.9. The molecule has 1 atom stereocenters. The van der Waals surface area contributed by atoms with Gasteiger partial charge in [-0.05, 0) is 64.0 Å². The van der Waals surface area contributed by atoms with Crippen LogP contribution in [-0.4, -0.2) is 122 Å². The molecule has 0 saturated carbocycles. The van der Waals surface area contributed by atoms with E-state index in [2.05, 4.69) is 14.5 Å². The normalized spacial score (nSPS) is 20.4. The van der Waals surface area contributed by atoms with Gasteiger partial charge in [0.1, 0.15) is 0 Å². The van der Waals surface area contributed by atoms with Crippen LogP contribution in [0.25, 0.3) is 11.3 Å². The lowest BCUT2D eigenvalue weighted by atomic mass is 10.0. The van der Waals surface area contributed by atoms with Crippen molar-refractivity contribution in [2.24, 2.45) is 0 Å². The molecule has 1 unspecified atom stereocenters. The summed E-state index contributed by atoms with van der Waals surface area (Å²) >= 11 is 1.17. The highest BCUT2D eigenvalue weighted by Gasteiger charge is 2.35. The highest BCUT2D eigenvalue weighted by molar-refractivity contribution is 7.99. The van der Waals surface area contributed by atoms with E-state index in [1.165, 1.54) is 34.6 Å². The van der Waals surface area contributed by atoms with Gasteiger partial charge in [0.05, 0.1) is 36.4 Å². The van der Waals surface area contributed by atoms with Crippen molar-refractivity contribution in [3.8, 4) is 11.3 Å². The van der Waals surface area contributed by atoms with Gasteiger partial charge in [-0.1, -0.05) is 12.5 Å². The zero-order valence-corrected chi connectivity index (χ0v) is 29.3. The predicted octanol–water partition coefficient (Wildman–Crippen LogP) is 2.84. The van der Waals surface area contributed by atoms with Gasteiger partial charge in [-0.3, -0.25) is 4.68 Å². The lowest BCUT2D eigenvalue weighted by molar-refractivity contribution is -0.139. The van der Waals surface area contributed by atoms with Gasteiger partial charge in [0.25, 0.3) is 0 Å². The molecule has 5 rings (SSSR count). The van der Waals surface area contributed by atoms with E-state index in [1.54, 1.807) is 4.68 Å². The van der Waals surface area contributed by atoms with Crippen LogP contribution in [-0.2, 0) is 45.7 Å². The fourth-order valence-corrected chi connectivity index (χ4v) is 9.46. The Morgan fingerprint density at radius 2 is 1.70 bits per heavy atom. The van der Waals surface area contributed by atoms with Gasteiger partial charge < -0.3 is 14.9 Å². The lowest BCUT2D eigenvalue weighted by Crippen LogP contribution is -2.46. The van der Waals surface area contributed by atoms with Gasteiger partial charge in [-0.2, -0.15) is 22.6 Å². The van der Waals surface area contributed by atoms with Crippen LogP contribution in [0.3, 0.4) is 0 Å². The summed E-state index contributed by atoms with van der Waals surface area (Å²) in [7, 11) is -6.83. The molecule has 2 N–H and O–H groups in total. The lowest BCUT2D eigenvalue weighted by Gasteiger charge is -2.33. The van der Waals surface area contributed by atoms with Crippen molar-refractivity contribution in [3.05, 3.63) is 35.0 Å². The highest BCUT2D eigenvalue weighted by atomic mass is 32.2. The maximum atomic E-state index is 14.1. The van der Waals surface area contributed by atoms with Crippen molar-refractivity contribution in [1.29, 1.82) is 0 Å². The van der Waals surface area contributed by atoms with Crippen LogP contribution in [0.1, 0.15) is 48.9 Å². The number of hydrogen-bond acceptors (Lipinski definition) is 9. The summed E-state index contributed by atoms with van der Waals surface area (Å²) < 4.78 is 96.0. The zero-order valence-electron chi connectivity index (χ0n) is 26.9. The number of piperidine rings is 2. The topological polar surface area (TPSA) is 128 Å². The Hall–Kier alpha value is -1.73. The maximum absolute atomic E-state index is 14.1. The Labute approximate surface area is 280 Å². The SMILES string of the molecule is CS(=O)(=O)NC1CCN(CC(O)Cn2nc(-c3ccc(C(F)(F)F)c(SCCN4CCCCC4)c3)c3c2CCN(S(C)(=O)=O)C3)CC1. The third kappa shape index (κ3) is 9.93. The third-order valence-electron chi connectivity index (χ3n) is 9.06. The van der Waals surface area contributed by atoms with Gasteiger partial charge in [-0.15, -0.1) is 11.8 Å². The van der Waals surface area contributed by atoms with Crippen LogP contribution in [0.4, 0.5) is 13.2 Å². The molecule has 3 aliphatic rings. The first-order chi connectivity index (χ1) is 22.1. The molecule has 1 aromatic heterocycles. The Morgan fingerprint density at radius 3 is 2.34 bits per heavy atom. The number of benzene rings is 1. The average Bonchev–Trinajstić information content (AvgIpc) is 3.34. The van der Waals surface area contributed by atoms with Crippen LogP contribution >= 0.6 is 11.8 Å². The fraction of sp³-hybridized carbons (Fsp3) is 0.700. The van der Waals surface area contributed by atoms with E-state index in [4.69, 9.17) is 5.10 Å². The van der Waals surface area contributed by atoms with Crippen LogP contribution in [0.2, 0.25) is 0 Å². The van der Waals surface area contributed by atoms with E-state index >= 15 is 0 Å². The molecule has 11 nitrogen and oxygen atoms in total. The molecule has 2 fully saturated rings. The number of sulfonamides is 2. The monoisotopic (exact) mass is 722 g/mol. The van der Waals surface area contributed by atoms with Crippen molar-refractivity contribution in [3.63, 3.8) is 0 Å². The number of aromatic nitrogens is 2. The minimum Gasteiger partial charge on any atom is -0.390 e. The Balaban J connectivity index is 1.37. The number of likely N-dealkylation sites (tertiary alicyclic amines) is 2. The van der Waals surface area contributed by atoms with Crippen molar-refractivity contribution in [2.45, 2.75) is 74.8 Å². The number of fused-ring (bicyclic) bond motifs is 1. The number of aliphatic hydroxyl groups excluding tert-OH is 1. The number of nitrogens with zero attached hydrogens (tertiary/aromatic N) is 5. The van der Waals surface area contributed by atoms with Crippen molar-refractivity contribution in [2.75, 3.05) is 64.1 Å². The van der Waals surface area contributed by atoms with E-state index in [-0.39, 0.29) is 30.6 Å². The van der Waals surface area contributed by atoms with Gasteiger partial charge in [0.15, 0.2) is 0 Å². The number of β-amino-alcohol motifs (C(OH)–C–C–N with tert-alkyl or cyclic N) is 1. The van der Waals surface area contributed by atoms with Gasteiger partial charge in [0, 0.05) is 66.1 Å². The smallest absolute Gasteiger partial charge is 0.390 e. The minimum atomic E-state index is -4.53. The Kier molecular flexibility index (Phi) is 11.7. The van der Waals surface area contributed by atoms with Crippen LogP contribution in [0.15, 0.2) is 23.1 Å². The first kappa shape index (κ1) is 36.5. The minimum absolute atomic E-state index is 0.0406. The van der Waals surface area contributed by atoms with Crippen molar-refractivity contribution < 1.29 is 35.1 Å². The highest BCUT2D eigenvalue weighted by Crippen LogP contribution is 2.40. The number of rotatable bonds is 12. The fourth-order valence-electron chi connectivity index (χ4n) is 6.71. The molecule has 264 valence electrons. The quantitative estimate of drug-likeness (QED) is 0.318. The van der Waals surface area contributed by atoms with Crippen LogP contribution in [0, 0.1) is 0 Å². The predicted molar refractivity (Wildman–Crippen MR) is 176 cm³/mol. The number of alkyl halides is 3. The second kappa shape index (κ2) is 15.0. The second-order valence-corrected chi connectivity index (χ2v) is 17.8. The van der Waals surface area contributed by atoms with E-state index in [0.717, 1.165) is 50.2 Å². The second-order valence-electron chi connectivity index (χ2n) is 12.9. The standard InChI is InChI=1S/C30H45F3N6O5S3/c1-46(41,42)35-23-8-13-37(14-9-23)19-24(40)20-39-27-10-15-38(47(2,43)44)21-25(27)29(34-39)22-6-7-26(30(31,32)33)28(18-22)45-17-16-36-11-4-3-5-12-36/h6-7,18,23-24,35,40H,3-5,8-17,19-21H2,1-2H3. The molecule has 2 saturated heterocycles. The van der Waals surface area contributed by atoms with E-state index < -0.39 is 37.9 Å². The van der Waals surface area contributed by atoms with E-state index in [9.17, 15) is 35.1 Å². The molecule has 17 heteroatoms. The first-order valence-electron chi connectivity index (χ1n) is 16.0. The largest absolute Gasteiger partial charge is 0.417 e. The van der Waals surface area contributed by atoms with Gasteiger partial charge in [0.2, 0.25) is 20.0 Å². The number of thioether (sulfide) groups is 1. The molecule has 0 amide bonds. The number of aliphatic hydroxyl groups is 1. The molecule has 2 aromatic rings. The first-order valence-corrected chi connectivity index (χ1v) is 20.8. The summed E-state index contributed by atoms with van der Waals surface area (Å²) in [5.41, 5.74) is 1.57. The molecule has 0 spiro atoms. The van der Waals surface area contributed by atoms with Gasteiger partial charge in [-0.25, -0.2) is 21.6 Å². The maximum Gasteiger partial charge on any atom is 0.417 e. The van der Waals surface area contributed by atoms with Gasteiger partial charge >= 0.3 is 6.18 Å². The van der Waals surface area contributed by atoms with Crippen LogP contribution < -0.4 is 4.72 Å². The number of halogens is 3. The summed E-state index contributed by atoms with van der Waals surface area (Å²) in [6.45, 7) is 4.57. The Bertz CT molecular complexity index is 1610. The molecular weight excluding hydrogens is 678 g/mol. The van der Waals surface area contributed by atoms with E-state index in [1.807, 2.05) is 0 Å². The summed E-state index contributed by atoms with van der Waals surface area (Å²) in [5.74, 6) is 0.509. The molecule has 3 aliphatic heterocycles. The molecular formula is C30H45F3N6O5S3. The molecule has 4 heterocycles. The molecule has 47 heavy (non-hydrogen) atoms. The van der Waals surface area contributed by atoms with Crippen LogP contribution in [0.5, 0.6) is 0 Å². The summed E-state index contributed by atoms with van der Waals surface area (Å²) in [4.78, 5) is 4.46. The van der Waals surface area contributed by atoms with Crippen molar-refractivity contribution >= 4 is 31.8 Å². The summed E-state index contributed by atoms with van der Waals surface area (Å²) in [6.07, 6.45) is 1.88. The average molecular weight is 723 g/mol. The van der Waals surface area contributed by atoms with E-state index in [0.29, 0.717) is 68.0 Å². The Morgan fingerprint density at radius 1 is 1.00 bits per heavy atom. The molecule has 0 bridgehead atoms. The number of nitrogens with one attached hydrogen (secondary N) is 1. The third-order valence-corrected chi connectivity index (χ3v) is 12.1. The number of hydrogen-bond donors (Lipinski definition) is 2. The molecule has 0 aliphatic carbocycles. The summed E-state index contributed by atoms with van der Waals surface area (Å²) in [6, 6.07) is 3.85. The van der Waals surface area contributed by atoms with Crippen molar-refractivity contribution in [1.82, 2.24) is 28.6 Å².